The summed E-state index contributed by atoms with van der Waals surface area (Å²) in [5.41, 5.74) is 3.64. The number of nitrogens with zero attached hydrogens (tertiary/aromatic N) is 3. The molecule has 3 heterocycles. The van der Waals surface area contributed by atoms with Crippen molar-refractivity contribution >= 4 is 23.2 Å². The van der Waals surface area contributed by atoms with Gasteiger partial charge in [-0.1, -0.05) is 17.3 Å². The fourth-order valence-electron chi connectivity index (χ4n) is 4.52. The van der Waals surface area contributed by atoms with Gasteiger partial charge in [0.2, 0.25) is 11.8 Å². The topological polar surface area (TPSA) is 78.7 Å². The first-order valence-electron chi connectivity index (χ1n) is 10.2. The Bertz CT molecular complexity index is 908. The van der Waals surface area contributed by atoms with Crippen molar-refractivity contribution in [3.8, 4) is 0 Å². The van der Waals surface area contributed by atoms with Gasteiger partial charge in [-0.15, -0.1) is 0 Å². The maximum Gasteiger partial charge on any atom is 0.224 e. The minimum atomic E-state index is -0.182. The van der Waals surface area contributed by atoms with Gasteiger partial charge in [0.05, 0.1) is 22.6 Å². The van der Waals surface area contributed by atoms with Crippen LogP contribution in [0.15, 0.2) is 28.8 Å². The average molecular weight is 396 g/mol. The molecule has 1 aromatic carbocycles. The lowest BCUT2D eigenvalue weighted by atomic mass is 9.84. The van der Waals surface area contributed by atoms with E-state index in [4.69, 9.17) is 4.52 Å². The summed E-state index contributed by atoms with van der Waals surface area (Å²) in [6.07, 6.45) is 2.77. The fraction of sp³-hybridized carbons (Fsp3) is 0.500. The van der Waals surface area contributed by atoms with Crippen LogP contribution in [-0.2, 0) is 16.0 Å². The summed E-state index contributed by atoms with van der Waals surface area (Å²) in [7, 11) is 0. The van der Waals surface area contributed by atoms with Gasteiger partial charge in [-0.3, -0.25) is 9.59 Å². The Balaban J connectivity index is 1.40. The van der Waals surface area contributed by atoms with Gasteiger partial charge in [-0.2, -0.15) is 0 Å². The van der Waals surface area contributed by atoms with Crippen LogP contribution in [0.5, 0.6) is 0 Å². The van der Waals surface area contributed by atoms with E-state index in [1.807, 2.05) is 47.9 Å². The minimum absolute atomic E-state index is 0.0521. The van der Waals surface area contributed by atoms with Crippen LogP contribution < -0.4 is 10.2 Å². The van der Waals surface area contributed by atoms with Gasteiger partial charge in [-0.25, -0.2) is 0 Å². The Hall–Kier alpha value is -2.83. The lowest BCUT2D eigenvalue weighted by Gasteiger charge is -2.49. The summed E-state index contributed by atoms with van der Waals surface area (Å²) in [4.78, 5) is 28.8. The zero-order valence-electron chi connectivity index (χ0n) is 17.3. The average Bonchev–Trinajstić information content (AvgIpc) is 3.03. The molecule has 2 aliphatic rings. The van der Waals surface area contributed by atoms with E-state index in [9.17, 15) is 9.59 Å². The van der Waals surface area contributed by atoms with Gasteiger partial charge in [0.25, 0.3) is 0 Å². The Morgan fingerprint density at radius 3 is 2.59 bits per heavy atom. The van der Waals surface area contributed by atoms with E-state index in [-0.39, 0.29) is 17.4 Å². The van der Waals surface area contributed by atoms with E-state index in [0.29, 0.717) is 32.5 Å². The first-order valence-corrected chi connectivity index (χ1v) is 10.2. The maximum atomic E-state index is 12.7. The zero-order chi connectivity index (χ0) is 20.6. The number of piperidine rings is 1. The molecule has 0 bridgehead atoms. The molecule has 0 atom stereocenters. The van der Waals surface area contributed by atoms with Gasteiger partial charge in [-0.05, 0) is 45.2 Å². The lowest BCUT2D eigenvalue weighted by Crippen LogP contribution is -2.59. The number of aromatic nitrogens is 1. The highest BCUT2D eigenvalue weighted by atomic mass is 16.5. The highest BCUT2D eigenvalue weighted by molar-refractivity contribution is 5.96. The highest BCUT2D eigenvalue weighted by Gasteiger charge is 2.41. The molecule has 29 heavy (non-hydrogen) atoms. The predicted molar refractivity (Wildman–Crippen MR) is 111 cm³/mol. The molecule has 1 N–H and O–H groups in total. The Morgan fingerprint density at radius 2 is 1.93 bits per heavy atom. The number of para-hydroxylation sites is 2. The third kappa shape index (κ3) is 3.73. The molecular weight excluding hydrogens is 368 g/mol. The van der Waals surface area contributed by atoms with Crippen molar-refractivity contribution in [3.63, 3.8) is 0 Å². The predicted octanol–water partition coefficient (Wildman–Crippen LogP) is 3.06. The number of hydrogen-bond acceptors (Lipinski definition) is 5. The number of likely N-dealkylation sites (tertiary alicyclic amines) is 1. The zero-order valence-corrected chi connectivity index (χ0v) is 17.3. The molecule has 7 heteroatoms. The smallest absolute Gasteiger partial charge is 0.224 e. The van der Waals surface area contributed by atoms with Crippen molar-refractivity contribution in [1.82, 2.24) is 10.1 Å². The molecule has 0 aliphatic carbocycles. The largest absolute Gasteiger partial charge is 0.376 e. The number of benzene rings is 1. The van der Waals surface area contributed by atoms with E-state index in [0.717, 1.165) is 41.2 Å². The fourth-order valence-corrected chi connectivity index (χ4v) is 4.52. The van der Waals surface area contributed by atoms with E-state index < -0.39 is 0 Å². The van der Waals surface area contributed by atoms with Crippen LogP contribution in [0, 0.1) is 13.8 Å². The highest BCUT2D eigenvalue weighted by Crippen LogP contribution is 2.39. The number of hydrogen-bond donors (Lipinski definition) is 1. The Kier molecular flexibility index (Phi) is 5.06. The summed E-state index contributed by atoms with van der Waals surface area (Å²) >= 11 is 0. The van der Waals surface area contributed by atoms with Gasteiger partial charge in [0, 0.05) is 38.5 Å². The quantitative estimate of drug-likeness (QED) is 0.863. The molecule has 1 fully saturated rings. The summed E-state index contributed by atoms with van der Waals surface area (Å²) in [5.74, 6) is 1.01. The molecule has 0 saturated carbocycles. The van der Waals surface area contributed by atoms with E-state index in [1.54, 1.807) is 6.92 Å². The first-order chi connectivity index (χ1) is 13.9. The number of fused-ring (bicyclic) bond motifs is 1. The van der Waals surface area contributed by atoms with E-state index in [1.165, 1.54) is 0 Å². The maximum absolute atomic E-state index is 12.7. The van der Waals surface area contributed by atoms with Gasteiger partial charge in [0.1, 0.15) is 5.76 Å². The molecule has 1 saturated heterocycles. The van der Waals surface area contributed by atoms with Crippen LogP contribution in [0.4, 0.5) is 11.4 Å². The van der Waals surface area contributed by atoms with Crippen molar-refractivity contribution in [3.05, 3.63) is 41.3 Å². The number of amides is 2. The van der Waals surface area contributed by atoms with Crippen LogP contribution in [-0.4, -0.2) is 47.0 Å². The molecule has 2 amide bonds. The van der Waals surface area contributed by atoms with Crippen LogP contribution in [0.1, 0.15) is 43.2 Å². The molecule has 4 rings (SSSR count). The summed E-state index contributed by atoms with van der Waals surface area (Å²) in [6.45, 7) is 7.44. The number of carbonyl (C=O) groups excluding carboxylic acids is 2. The van der Waals surface area contributed by atoms with Crippen molar-refractivity contribution in [2.45, 2.75) is 52.0 Å². The van der Waals surface area contributed by atoms with Crippen LogP contribution in [0.25, 0.3) is 0 Å². The normalized spacial score (nSPS) is 17.8. The van der Waals surface area contributed by atoms with Gasteiger partial charge >= 0.3 is 0 Å². The molecule has 2 aromatic rings. The standard InChI is InChI=1S/C22H28N4O3/c1-15-18(16(2)29-24-15)8-9-21(28)25-12-10-22(11-13-25)14-26(17(3)27)20-7-5-4-6-19(20)23-22/h4-7,23H,8-14H2,1-3H3. The first kappa shape index (κ1) is 19.5. The van der Waals surface area contributed by atoms with Crippen molar-refractivity contribution < 1.29 is 14.1 Å². The van der Waals surface area contributed by atoms with Crippen molar-refractivity contribution in [2.24, 2.45) is 0 Å². The number of nitrogens with one attached hydrogen (secondary N) is 1. The molecule has 1 spiro atoms. The van der Waals surface area contributed by atoms with Crippen molar-refractivity contribution in [2.75, 3.05) is 29.9 Å². The Labute approximate surface area is 171 Å². The van der Waals surface area contributed by atoms with E-state index >= 15 is 0 Å². The molecule has 2 aliphatic heterocycles. The lowest BCUT2D eigenvalue weighted by molar-refractivity contribution is -0.132. The second-order valence-corrected chi connectivity index (χ2v) is 8.21. The SMILES string of the molecule is CC(=O)N1CC2(CCN(C(=O)CCc3c(C)noc3C)CC2)Nc2ccccc21. The monoisotopic (exact) mass is 396 g/mol. The number of carbonyl (C=O) groups is 2. The molecule has 7 nitrogen and oxygen atoms in total. The minimum Gasteiger partial charge on any atom is -0.376 e. The van der Waals surface area contributed by atoms with Crippen LogP contribution in [0.3, 0.4) is 0 Å². The molecular formula is C22H28N4O3. The Morgan fingerprint density at radius 1 is 1.21 bits per heavy atom. The van der Waals surface area contributed by atoms with Crippen LogP contribution >= 0.6 is 0 Å². The van der Waals surface area contributed by atoms with Gasteiger partial charge < -0.3 is 19.6 Å². The summed E-state index contributed by atoms with van der Waals surface area (Å²) < 4.78 is 5.19. The summed E-state index contributed by atoms with van der Waals surface area (Å²) in [6, 6.07) is 7.93. The second kappa shape index (κ2) is 7.54. The molecule has 0 radical (unpaired) electrons. The number of rotatable bonds is 3. The second-order valence-electron chi connectivity index (χ2n) is 8.21. The third-order valence-electron chi connectivity index (χ3n) is 6.28. The number of aryl methyl sites for hydroxylation is 2. The van der Waals surface area contributed by atoms with Gasteiger partial charge in [0.15, 0.2) is 0 Å². The molecule has 0 unspecified atom stereocenters. The van der Waals surface area contributed by atoms with E-state index in [2.05, 4.69) is 10.5 Å². The van der Waals surface area contributed by atoms with Crippen LogP contribution in [0.2, 0.25) is 0 Å². The van der Waals surface area contributed by atoms with Crippen molar-refractivity contribution in [1.29, 1.82) is 0 Å². The molecule has 154 valence electrons. The third-order valence-corrected chi connectivity index (χ3v) is 6.28. The molecule has 1 aromatic heterocycles. The number of anilines is 2. The summed E-state index contributed by atoms with van der Waals surface area (Å²) in [5, 5.41) is 7.64.